The largest absolute Gasteiger partial charge is 0.388 e. The molecule has 2 aromatic rings. The number of piperidine rings is 1. The highest BCUT2D eigenvalue weighted by Gasteiger charge is 2.34. The van der Waals surface area contributed by atoms with Gasteiger partial charge >= 0.3 is 0 Å². The molecule has 1 amide bonds. The molecule has 0 aromatic carbocycles. The predicted octanol–water partition coefficient (Wildman–Crippen LogP) is 2.93. The molecule has 2 aliphatic rings. The molecule has 0 unspecified atom stereocenters. The third-order valence-corrected chi connectivity index (χ3v) is 6.48. The normalized spacial score (nSPS) is 22.5. The van der Waals surface area contributed by atoms with Crippen LogP contribution in [0.25, 0.3) is 10.9 Å². The number of carbonyl (C=O) groups is 2. The summed E-state index contributed by atoms with van der Waals surface area (Å²) < 4.78 is 2.05. The fourth-order valence-electron chi connectivity index (χ4n) is 4.63. The lowest BCUT2D eigenvalue weighted by Crippen LogP contribution is -2.48. The van der Waals surface area contributed by atoms with Gasteiger partial charge in [-0.3, -0.25) is 14.6 Å². The van der Waals surface area contributed by atoms with E-state index in [1.807, 2.05) is 29.4 Å². The van der Waals surface area contributed by atoms with Crippen LogP contribution in [0.5, 0.6) is 0 Å². The van der Waals surface area contributed by atoms with Crippen LogP contribution in [0.2, 0.25) is 0 Å². The van der Waals surface area contributed by atoms with E-state index in [0.29, 0.717) is 57.5 Å². The van der Waals surface area contributed by atoms with Gasteiger partial charge in [-0.2, -0.15) is 0 Å². The van der Waals surface area contributed by atoms with E-state index in [0.717, 1.165) is 30.2 Å². The van der Waals surface area contributed by atoms with Gasteiger partial charge in [-0.15, -0.1) is 0 Å². The number of carbonyl (C=O) groups excluding carboxylic acids is 2. The van der Waals surface area contributed by atoms with Crippen molar-refractivity contribution >= 4 is 22.6 Å². The van der Waals surface area contributed by atoms with Gasteiger partial charge in [0.15, 0.2) is 0 Å². The van der Waals surface area contributed by atoms with Crippen LogP contribution >= 0.6 is 0 Å². The molecule has 6 heteroatoms. The van der Waals surface area contributed by atoms with E-state index < -0.39 is 5.60 Å². The molecule has 0 spiro atoms. The van der Waals surface area contributed by atoms with Crippen LogP contribution in [0.4, 0.5) is 0 Å². The van der Waals surface area contributed by atoms with Gasteiger partial charge in [0.2, 0.25) is 5.91 Å². The average Bonchev–Trinajstić information content (AvgIpc) is 3.10. The third-order valence-electron chi connectivity index (χ3n) is 6.48. The maximum absolute atomic E-state index is 12.6. The second-order valence-corrected chi connectivity index (χ2v) is 8.43. The number of nitrogens with zero attached hydrogens (tertiary/aromatic N) is 3. The van der Waals surface area contributed by atoms with Gasteiger partial charge in [0.1, 0.15) is 5.78 Å². The van der Waals surface area contributed by atoms with E-state index in [2.05, 4.69) is 9.55 Å². The number of likely N-dealkylation sites (tertiary alicyclic amines) is 1. The van der Waals surface area contributed by atoms with E-state index in [1.165, 1.54) is 0 Å². The average molecular weight is 383 g/mol. The summed E-state index contributed by atoms with van der Waals surface area (Å²) in [5, 5.41) is 12.2. The van der Waals surface area contributed by atoms with Gasteiger partial charge in [0.05, 0.1) is 23.9 Å². The number of aliphatic hydroxyl groups is 1. The second kappa shape index (κ2) is 8.03. The van der Waals surface area contributed by atoms with Crippen molar-refractivity contribution in [2.45, 2.75) is 63.5 Å². The molecule has 1 saturated carbocycles. The summed E-state index contributed by atoms with van der Waals surface area (Å²) in [7, 11) is 0. The highest BCUT2D eigenvalue weighted by atomic mass is 16.3. The molecule has 3 heterocycles. The molecule has 4 rings (SSSR count). The molecule has 0 bridgehead atoms. The quantitative estimate of drug-likeness (QED) is 0.861. The lowest BCUT2D eigenvalue weighted by atomic mass is 9.84. The first-order valence-corrected chi connectivity index (χ1v) is 10.5. The van der Waals surface area contributed by atoms with Crippen molar-refractivity contribution < 1.29 is 14.7 Å². The fraction of sp³-hybridized carbons (Fsp3) is 0.591. The minimum absolute atomic E-state index is 0.0788. The molecular formula is C22H29N3O3. The number of pyridine rings is 1. The molecule has 6 nitrogen and oxygen atoms in total. The maximum atomic E-state index is 12.6. The molecule has 2 fully saturated rings. The van der Waals surface area contributed by atoms with Gasteiger partial charge in [0.25, 0.3) is 0 Å². The summed E-state index contributed by atoms with van der Waals surface area (Å²) in [5.74, 6) is 0.534. The Bertz CT molecular complexity index is 852. The summed E-state index contributed by atoms with van der Waals surface area (Å²) in [6.45, 7) is 1.66. The Morgan fingerprint density at radius 2 is 2.07 bits per heavy atom. The Kier molecular flexibility index (Phi) is 5.49. The summed E-state index contributed by atoms with van der Waals surface area (Å²) in [5.41, 5.74) is 0.212. The first kappa shape index (κ1) is 19.1. The van der Waals surface area contributed by atoms with Crippen molar-refractivity contribution in [3.8, 4) is 0 Å². The molecule has 2 aromatic heterocycles. The van der Waals surface area contributed by atoms with E-state index in [4.69, 9.17) is 0 Å². The Hall–Kier alpha value is -2.21. The number of amides is 1. The van der Waals surface area contributed by atoms with E-state index in [-0.39, 0.29) is 11.8 Å². The van der Waals surface area contributed by atoms with Crippen LogP contribution < -0.4 is 0 Å². The molecule has 0 radical (unpaired) electrons. The van der Waals surface area contributed by atoms with E-state index in [9.17, 15) is 14.7 Å². The summed E-state index contributed by atoms with van der Waals surface area (Å²) in [6.07, 6.45) is 11.6. The van der Waals surface area contributed by atoms with Crippen LogP contribution in [-0.2, 0) is 16.1 Å². The number of hydrogen-bond acceptors (Lipinski definition) is 4. The molecular weight excluding hydrogens is 354 g/mol. The first-order chi connectivity index (χ1) is 13.5. The number of fused-ring (bicyclic) bond motifs is 1. The number of aromatic nitrogens is 2. The standard InChI is InChI=1S/C22H29N3O3/c26-20-4-2-1-3-18(20)5-6-21(27)24-13-9-22(28,10-14-24)16-25-12-8-17-7-11-23-15-19(17)25/h7-8,11-12,15,18,28H,1-6,9-10,13-14,16H2/t18-/m1/s1. The lowest BCUT2D eigenvalue weighted by molar-refractivity contribution is -0.136. The number of ketones is 1. The second-order valence-electron chi connectivity index (χ2n) is 8.43. The zero-order valence-electron chi connectivity index (χ0n) is 16.3. The molecule has 1 aliphatic carbocycles. The Labute approximate surface area is 165 Å². The van der Waals surface area contributed by atoms with Crippen molar-refractivity contribution in [2.75, 3.05) is 13.1 Å². The van der Waals surface area contributed by atoms with E-state index >= 15 is 0 Å². The number of hydrogen-bond donors (Lipinski definition) is 1. The third kappa shape index (κ3) is 4.12. The maximum Gasteiger partial charge on any atom is 0.222 e. The number of Topliss-reactive ketones (excluding diaryl/α,β-unsaturated/α-hetero) is 1. The van der Waals surface area contributed by atoms with Gasteiger partial charge < -0.3 is 14.6 Å². The Morgan fingerprint density at radius 1 is 1.25 bits per heavy atom. The highest BCUT2D eigenvalue weighted by molar-refractivity contribution is 5.83. The Balaban J connectivity index is 1.29. The predicted molar refractivity (Wildman–Crippen MR) is 107 cm³/mol. The smallest absolute Gasteiger partial charge is 0.222 e. The molecule has 1 N–H and O–H groups in total. The summed E-state index contributed by atoms with van der Waals surface area (Å²) in [4.78, 5) is 30.6. The van der Waals surface area contributed by atoms with Crippen molar-refractivity contribution in [3.63, 3.8) is 0 Å². The van der Waals surface area contributed by atoms with Gasteiger partial charge in [0, 0.05) is 49.6 Å². The van der Waals surface area contributed by atoms with Gasteiger partial charge in [-0.25, -0.2) is 0 Å². The molecule has 1 saturated heterocycles. The van der Waals surface area contributed by atoms with Crippen LogP contribution in [0, 0.1) is 5.92 Å². The molecule has 1 atom stereocenters. The van der Waals surface area contributed by atoms with Crippen LogP contribution in [-0.4, -0.2) is 49.9 Å². The van der Waals surface area contributed by atoms with Gasteiger partial charge in [-0.05, 0) is 44.2 Å². The topological polar surface area (TPSA) is 75.4 Å². The summed E-state index contributed by atoms with van der Waals surface area (Å²) in [6, 6.07) is 4.00. The zero-order chi connectivity index (χ0) is 19.6. The Morgan fingerprint density at radius 3 is 2.86 bits per heavy atom. The lowest BCUT2D eigenvalue weighted by Gasteiger charge is -2.38. The van der Waals surface area contributed by atoms with E-state index in [1.54, 1.807) is 6.20 Å². The zero-order valence-corrected chi connectivity index (χ0v) is 16.3. The van der Waals surface area contributed by atoms with Crippen molar-refractivity contribution in [1.29, 1.82) is 0 Å². The van der Waals surface area contributed by atoms with Crippen molar-refractivity contribution in [2.24, 2.45) is 5.92 Å². The number of rotatable bonds is 5. The molecule has 150 valence electrons. The van der Waals surface area contributed by atoms with Crippen LogP contribution in [0.1, 0.15) is 51.4 Å². The SMILES string of the molecule is O=C1CCCC[C@@H]1CCC(=O)N1CCC(O)(Cn2ccc3ccncc32)CC1. The highest BCUT2D eigenvalue weighted by Crippen LogP contribution is 2.28. The van der Waals surface area contributed by atoms with Crippen molar-refractivity contribution in [1.82, 2.24) is 14.5 Å². The molecule has 28 heavy (non-hydrogen) atoms. The van der Waals surface area contributed by atoms with Crippen LogP contribution in [0.15, 0.2) is 30.7 Å². The van der Waals surface area contributed by atoms with Crippen molar-refractivity contribution in [3.05, 3.63) is 30.7 Å². The fourth-order valence-corrected chi connectivity index (χ4v) is 4.63. The monoisotopic (exact) mass is 383 g/mol. The summed E-state index contributed by atoms with van der Waals surface area (Å²) >= 11 is 0. The minimum atomic E-state index is -0.808. The molecule has 1 aliphatic heterocycles. The van der Waals surface area contributed by atoms with Crippen LogP contribution in [0.3, 0.4) is 0 Å². The minimum Gasteiger partial charge on any atom is -0.388 e. The first-order valence-electron chi connectivity index (χ1n) is 10.5. The van der Waals surface area contributed by atoms with Gasteiger partial charge in [-0.1, -0.05) is 6.42 Å².